The number of aryl methyl sites for hydroxylation is 1. The van der Waals surface area contributed by atoms with Crippen LogP contribution in [0.25, 0.3) is 0 Å². The predicted octanol–water partition coefficient (Wildman–Crippen LogP) is 2.82. The van der Waals surface area contributed by atoms with Gasteiger partial charge < -0.3 is 10.0 Å². The molecule has 0 bridgehead atoms. The van der Waals surface area contributed by atoms with Crippen LogP contribution >= 0.6 is 11.3 Å². The molecule has 2 aromatic rings. The van der Waals surface area contributed by atoms with Crippen LogP contribution in [0.4, 0.5) is 0 Å². The van der Waals surface area contributed by atoms with Crippen LogP contribution < -0.4 is 0 Å². The van der Waals surface area contributed by atoms with E-state index in [0.717, 1.165) is 50.2 Å². The van der Waals surface area contributed by atoms with Gasteiger partial charge in [-0.05, 0) is 67.9 Å². The van der Waals surface area contributed by atoms with E-state index in [1.54, 1.807) is 18.3 Å². The van der Waals surface area contributed by atoms with Gasteiger partial charge in [0.2, 0.25) is 0 Å². The van der Waals surface area contributed by atoms with Crippen LogP contribution in [0.5, 0.6) is 0 Å². The molecule has 0 spiro atoms. The minimum atomic E-state index is -0.583. The number of nitrogens with zero attached hydrogens (tertiary/aromatic N) is 4. The predicted molar refractivity (Wildman–Crippen MR) is 100 cm³/mol. The Morgan fingerprint density at radius 2 is 2.12 bits per heavy atom. The molecule has 3 heterocycles. The molecule has 0 unspecified atom stereocenters. The average Bonchev–Trinajstić information content (AvgIpc) is 3.29. The number of carbonyl (C=O) groups is 1. The lowest BCUT2D eigenvalue weighted by atomic mass is 9.93. The molecule has 1 fully saturated rings. The molecule has 2 aliphatic rings. The van der Waals surface area contributed by atoms with Crippen molar-refractivity contribution >= 4 is 17.2 Å². The van der Waals surface area contributed by atoms with E-state index in [1.807, 2.05) is 15.8 Å². The normalized spacial score (nSPS) is 19.4. The Hall–Kier alpha value is -1.73. The second kappa shape index (κ2) is 7.48. The molecule has 2 aromatic heterocycles. The first-order valence-corrected chi connectivity index (χ1v) is 10.5. The van der Waals surface area contributed by atoms with Gasteiger partial charge in [-0.1, -0.05) is 5.21 Å². The highest BCUT2D eigenvalue weighted by molar-refractivity contribution is 7.12. The molecule has 1 atom stereocenters. The van der Waals surface area contributed by atoms with Gasteiger partial charge in [-0.15, -0.1) is 16.4 Å². The number of amides is 1. The summed E-state index contributed by atoms with van der Waals surface area (Å²) in [7, 11) is 0. The molecule has 1 aliphatic carbocycles. The fourth-order valence-corrected chi connectivity index (χ4v) is 5.15. The zero-order valence-corrected chi connectivity index (χ0v) is 16.0. The molecule has 0 radical (unpaired) electrons. The first-order valence-electron chi connectivity index (χ1n) is 9.58. The van der Waals surface area contributed by atoms with E-state index in [4.69, 9.17) is 0 Å². The summed E-state index contributed by atoms with van der Waals surface area (Å²) >= 11 is 1.64. The molecule has 1 saturated heterocycles. The van der Waals surface area contributed by atoms with Gasteiger partial charge in [0.1, 0.15) is 5.69 Å². The molecule has 7 heteroatoms. The van der Waals surface area contributed by atoms with Crippen LogP contribution in [0, 0.1) is 5.92 Å². The quantitative estimate of drug-likeness (QED) is 0.893. The van der Waals surface area contributed by atoms with E-state index in [1.165, 1.54) is 24.0 Å². The van der Waals surface area contributed by atoms with Crippen LogP contribution in [0.15, 0.2) is 11.6 Å². The Kier molecular flexibility index (Phi) is 5.09. The zero-order valence-electron chi connectivity index (χ0n) is 15.2. The number of carbonyl (C=O) groups excluding carboxylic acids is 1. The van der Waals surface area contributed by atoms with Crippen LogP contribution in [-0.2, 0) is 19.4 Å². The van der Waals surface area contributed by atoms with Crippen molar-refractivity contribution in [2.75, 3.05) is 13.1 Å². The van der Waals surface area contributed by atoms with Crippen LogP contribution in [0.1, 0.15) is 65.2 Å². The van der Waals surface area contributed by atoms with Crippen LogP contribution in [0.2, 0.25) is 0 Å². The third-order valence-electron chi connectivity index (χ3n) is 5.63. The van der Waals surface area contributed by atoms with Gasteiger partial charge in [-0.2, -0.15) is 0 Å². The van der Waals surface area contributed by atoms with Crippen molar-refractivity contribution in [2.24, 2.45) is 5.92 Å². The SMILES string of the molecule is C[C@H](O)c1cn(CC2CCN(C(=O)c3scc4c3CCCC4)CC2)nn1. The molecular weight excluding hydrogens is 348 g/mol. The van der Waals surface area contributed by atoms with Crippen molar-refractivity contribution < 1.29 is 9.90 Å². The van der Waals surface area contributed by atoms with E-state index in [9.17, 15) is 9.90 Å². The van der Waals surface area contributed by atoms with Gasteiger partial charge in [-0.3, -0.25) is 9.48 Å². The molecule has 1 N–H and O–H groups in total. The Morgan fingerprint density at radius 1 is 1.35 bits per heavy atom. The van der Waals surface area contributed by atoms with E-state index in [2.05, 4.69) is 15.7 Å². The molecule has 1 aliphatic heterocycles. The Morgan fingerprint density at radius 3 is 2.85 bits per heavy atom. The topological polar surface area (TPSA) is 71.2 Å². The van der Waals surface area contributed by atoms with E-state index < -0.39 is 6.10 Å². The number of likely N-dealkylation sites (tertiary alicyclic amines) is 1. The minimum Gasteiger partial charge on any atom is -0.387 e. The highest BCUT2D eigenvalue weighted by Gasteiger charge is 2.28. The maximum absolute atomic E-state index is 13.0. The summed E-state index contributed by atoms with van der Waals surface area (Å²) in [5.74, 6) is 0.730. The zero-order chi connectivity index (χ0) is 18.1. The van der Waals surface area contributed by atoms with E-state index in [0.29, 0.717) is 11.6 Å². The molecule has 1 amide bonds. The van der Waals surface area contributed by atoms with Gasteiger partial charge in [0.15, 0.2) is 0 Å². The van der Waals surface area contributed by atoms with Crippen molar-refractivity contribution in [3.8, 4) is 0 Å². The number of aliphatic hydroxyl groups excluding tert-OH is 1. The van der Waals surface area contributed by atoms with Crippen molar-refractivity contribution in [1.29, 1.82) is 0 Å². The highest BCUT2D eigenvalue weighted by Crippen LogP contribution is 2.31. The number of hydrogen-bond donors (Lipinski definition) is 1. The van der Waals surface area contributed by atoms with Gasteiger partial charge in [0.05, 0.1) is 17.2 Å². The van der Waals surface area contributed by atoms with Crippen LogP contribution in [0.3, 0.4) is 0 Å². The lowest BCUT2D eigenvalue weighted by molar-refractivity contribution is 0.0684. The third-order valence-corrected chi connectivity index (χ3v) is 6.69. The van der Waals surface area contributed by atoms with Gasteiger partial charge in [-0.25, -0.2) is 0 Å². The number of aliphatic hydroxyl groups is 1. The summed E-state index contributed by atoms with van der Waals surface area (Å²) in [6, 6.07) is 0. The molecule has 0 aromatic carbocycles. The van der Waals surface area contributed by atoms with E-state index >= 15 is 0 Å². The number of rotatable bonds is 4. The number of piperidine rings is 1. The average molecular weight is 375 g/mol. The smallest absolute Gasteiger partial charge is 0.264 e. The number of thiophene rings is 1. The second-order valence-electron chi connectivity index (χ2n) is 7.55. The lowest BCUT2D eigenvalue weighted by Gasteiger charge is -2.32. The van der Waals surface area contributed by atoms with E-state index in [-0.39, 0.29) is 5.91 Å². The second-order valence-corrected chi connectivity index (χ2v) is 8.43. The Bertz CT molecular complexity index is 774. The highest BCUT2D eigenvalue weighted by atomic mass is 32.1. The summed E-state index contributed by atoms with van der Waals surface area (Å²) in [5, 5.41) is 19.8. The molecule has 4 rings (SSSR count). The maximum atomic E-state index is 13.0. The summed E-state index contributed by atoms with van der Waals surface area (Å²) in [4.78, 5) is 16.0. The van der Waals surface area contributed by atoms with Gasteiger partial charge in [0.25, 0.3) is 5.91 Å². The third kappa shape index (κ3) is 3.55. The number of fused-ring (bicyclic) bond motifs is 1. The standard InChI is InChI=1S/C19H26N4O2S/c1-13(24)17-11-23(21-20-17)10-14-6-8-22(9-7-14)19(25)18-16-5-3-2-4-15(16)12-26-18/h11-14,24H,2-10H2,1H3/t13-/m0/s1. The largest absolute Gasteiger partial charge is 0.387 e. The van der Waals surface area contributed by atoms with Gasteiger partial charge in [0, 0.05) is 19.6 Å². The van der Waals surface area contributed by atoms with Crippen molar-refractivity contribution in [3.05, 3.63) is 33.3 Å². The lowest BCUT2D eigenvalue weighted by Crippen LogP contribution is -2.39. The summed E-state index contributed by atoms with van der Waals surface area (Å²) in [6.45, 7) is 4.13. The minimum absolute atomic E-state index is 0.230. The van der Waals surface area contributed by atoms with Crippen molar-refractivity contribution in [2.45, 2.75) is 58.1 Å². The maximum Gasteiger partial charge on any atom is 0.264 e. The fourth-order valence-electron chi connectivity index (χ4n) is 4.02. The number of aromatic nitrogens is 3. The Balaban J connectivity index is 1.34. The molecular formula is C19H26N4O2S. The molecule has 26 heavy (non-hydrogen) atoms. The number of hydrogen-bond acceptors (Lipinski definition) is 5. The molecule has 6 nitrogen and oxygen atoms in total. The molecule has 140 valence electrons. The fraction of sp³-hybridized carbons (Fsp3) is 0.632. The first-order chi connectivity index (χ1) is 12.6. The molecule has 0 saturated carbocycles. The van der Waals surface area contributed by atoms with Crippen molar-refractivity contribution in [3.63, 3.8) is 0 Å². The van der Waals surface area contributed by atoms with Crippen LogP contribution in [-0.4, -0.2) is 44.0 Å². The van der Waals surface area contributed by atoms with Crippen molar-refractivity contribution in [1.82, 2.24) is 19.9 Å². The van der Waals surface area contributed by atoms with Gasteiger partial charge >= 0.3 is 0 Å². The first kappa shape index (κ1) is 17.7. The monoisotopic (exact) mass is 374 g/mol. The summed E-state index contributed by atoms with van der Waals surface area (Å²) in [6.07, 6.45) is 7.87. The summed E-state index contributed by atoms with van der Waals surface area (Å²) < 4.78 is 1.82. The summed E-state index contributed by atoms with van der Waals surface area (Å²) in [5.41, 5.74) is 3.33. The Labute approximate surface area is 157 Å².